The van der Waals surface area contributed by atoms with Crippen molar-refractivity contribution in [2.45, 2.75) is 44.6 Å². The first-order valence-corrected chi connectivity index (χ1v) is 7.41. The van der Waals surface area contributed by atoms with Gasteiger partial charge in [-0.2, -0.15) is 5.26 Å². The Kier molecular flexibility index (Phi) is 4.15. The maximum absolute atomic E-state index is 8.88. The van der Waals surface area contributed by atoms with E-state index in [1.807, 2.05) is 18.2 Å². The van der Waals surface area contributed by atoms with Crippen molar-refractivity contribution < 1.29 is 4.42 Å². The molecule has 1 aliphatic rings. The zero-order valence-corrected chi connectivity index (χ0v) is 11.9. The van der Waals surface area contributed by atoms with Gasteiger partial charge in [0.15, 0.2) is 0 Å². The molecule has 0 amide bonds. The van der Waals surface area contributed by atoms with Crippen LogP contribution in [0.4, 0.5) is 6.01 Å². The van der Waals surface area contributed by atoms with Gasteiger partial charge in [0, 0.05) is 12.5 Å². The Bertz CT molecular complexity index is 638. The van der Waals surface area contributed by atoms with Crippen molar-refractivity contribution in [3.8, 4) is 6.07 Å². The number of rotatable bonds is 4. The van der Waals surface area contributed by atoms with Gasteiger partial charge in [-0.25, -0.2) is 0 Å². The standard InChI is InChI=1S/C16H18N4O/c17-10-12-5-4-6-13(9-12)11-18-16-20-19-15(21-16)14-7-2-1-3-8-14/h4-6,9,14H,1-3,7-8,11H2,(H,18,20). The first kappa shape index (κ1) is 13.6. The van der Waals surface area contributed by atoms with Crippen molar-refractivity contribution in [2.75, 3.05) is 5.32 Å². The summed E-state index contributed by atoms with van der Waals surface area (Å²) in [6.07, 6.45) is 6.09. The molecule has 0 saturated heterocycles. The summed E-state index contributed by atoms with van der Waals surface area (Å²) in [7, 11) is 0. The largest absolute Gasteiger partial charge is 0.408 e. The van der Waals surface area contributed by atoms with E-state index in [1.54, 1.807) is 6.07 Å². The van der Waals surface area contributed by atoms with Crippen molar-refractivity contribution in [1.82, 2.24) is 10.2 Å². The van der Waals surface area contributed by atoms with E-state index in [0.717, 1.165) is 24.3 Å². The first-order valence-electron chi connectivity index (χ1n) is 7.41. The molecule has 5 nitrogen and oxygen atoms in total. The molecule has 1 heterocycles. The van der Waals surface area contributed by atoms with Gasteiger partial charge in [0.1, 0.15) is 0 Å². The van der Waals surface area contributed by atoms with Crippen LogP contribution in [0, 0.1) is 11.3 Å². The predicted molar refractivity (Wildman–Crippen MR) is 78.6 cm³/mol. The first-order chi connectivity index (χ1) is 10.3. The number of nitrogens with one attached hydrogen (secondary N) is 1. The monoisotopic (exact) mass is 282 g/mol. The molecule has 3 rings (SSSR count). The van der Waals surface area contributed by atoms with Crippen molar-refractivity contribution in [3.63, 3.8) is 0 Å². The Labute approximate surface area is 124 Å². The SMILES string of the molecule is N#Cc1cccc(CNc2nnc(C3CCCCC3)o2)c1. The Morgan fingerprint density at radius 2 is 2.10 bits per heavy atom. The van der Waals surface area contributed by atoms with Gasteiger partial charge in [0.25, 0.3) is 0 Å². The highest BCUT2D eigenvalue weighted by Gasteiger charge is 2.21. The maximum Gasteiger partial charge on any atom is 0.315 e. The molecule has 0 unspecified atom stereocenters. The second kappa shape index (κ2) is 6.40. The van der Waals surface area contributed by atoms with Gasteiger partial charge in [0.2, 0.25) is 5.89 Å². The van der Waals surface area contributed by atoms with Gasteiger partial charge in [0.05, 0.1) is 11.6 Å². The summed E-state index contributed by atoms with van der Waals surface area (Å²) >= 11 is 0. The van der Waals surface area contributed by atoms with Crippen LogP contribution in [0.5, 0.6) is 0 Å². The molecule has 1 aliphatic carbocycles. The van der Waals surface area contributed by atoms with E-state index in [-0.39, 0.29) is 0 Å². The Morgan fingerprint density at radius 3 is 2.90 bits per heavy atom. The molecule has 0 bridgehead atoms. The van der Waals surface area contributed by atoms with Crippen LogP contribution in [0.2, 0.25) is 0 Å². The minimum atomic E-state index is 0.420. The maximum atomic E-state index is 8.88. The zero-order valence-electron chi connectivity index (χ0n) is 11.9. The van der Waals surface area contributed by atoms with Crippen LogP contribution in [0.1, 0.15) is 55.0 Å². The second-order valence-corrected chi connectivity index (χ2v) is 5.45. The summed E-state index contributed by atoms with van der Waals surface area (Å²) in [6.45, 7) is 0.571. The fraction of sp³-hybridized carbons (Fsp3) is 0.438. The minimum Gasteiger partial charge on any atom is -0.408 e. The topological polar surface area (TPSA) is 74.7 Å². The van der Waals surface area contributed by atoms with Crippen LogP contribution in [0.15, 0.2) is 28.7 Å². The summed E-state index contributed by atoms with van der Waals surface area (Å²) in [6, 6.07) is 10.1. The summed E-state index contributed by atoms with van der Waals surface area (Å²) in [5, 5.41) is 20.2. The van der Waals surface area contributed by atoms with Crippen LogP contribution < -0.4 is 5.32 Å². The predicted octanol–water partition coefficient (Wildman–Crippen LogP) is 3.60. The lowest BCUT2D eigenvalue weighted by Gasteiger charge is -2.17. The fourth-order valence-electron chi connectivity index (χ4n) is 2.75. The summed E-state index contributed by atoms with van der Waals surface area (Å²) in [5.74, 6) is 1.17. The van der Waals surface area contributed by atoms with Crippen LogP contribution >= 0.6 is 0 Å². The molecule has 2 aromatic rings. The highest BCUT2D eigenvalue weighted by molar-refractivity contribution is 5.34. The van der Waals surface area contributed by atoms with Crippen LogP contribution in [-0.4, -0.2) is 10.2 Å². The Morgan fingerprint density at radius 1 is 1.24 bits per heavy atom. The molecule has 0 atom stereocenters. The van der Waals surface area contributed by atoms with Crippen molar-refractivity contribution >= 4 is 6.01 Å². The lowest BCUT2D eigenvalue weighted by Crippen LogP contribution is -2.04. The van der Waals surface area contributed by atoms with E-state index in [1.165, 1.54) is 19.3 Å². The van der Waals surface area contributed by atoms with Gasteiger partial charge < -0.3 is 9.73 Å². The Balaban J connectivity index is 1.60. The third kappa shape index (κ3) is 3.40. The quantitative estimate of drug-likeness (QED) is 0.927. The molecule has 1 aromatic carbocycles. The van der Waals surface area contributed by atoms with E-state index in [2.05, 4.69) is 21.6 Å². The molecule has 1 aromatic heterocycles. The number of nitrogens with zero attached hydrogens (tertiary/aromatic N) is 3. The molecular weight excluding hydrogens is 264 g/mol. The molecule has 1 saturated carbocycles. The number of aromatic nitrogens is 2. The van der Waals surface area contributed by atoms with Gasteiger partial charge in [-0.3, -0.25) is 0 Å². The summed E-state index contributed by atoms with van der Waals surface area (Å²) < 4.78 is 5.70. The normalized spacial score (nSPS) is 15.6. The van der Waals surface area contributed by atoms with E-state index < -0.39 is 0 Å². The van der Waals surface area contributed by atoms with Crippen LogP contribution in [0.3, 0.4) is 0 Å². The number of hydrogen-bond acceptors (Lipinski definition) is 5. The third-order valence-corrected chi connectivity index (χ3v) is 3.89. The summed E-state index contributed by atoms with van der Waals surface area (Å²) in [4.78, 5) is 0. The number of anilines is 1. The molecule has 0 radical (unpaired) electrons. The minimum absolute atomic E-state index is 0.420. The van der Waals surface area contributed by atoms with Crippen LogP contribution in [0.25, 0.3) is 0 Å². The Hall–Kier alpha value is -2.35. The van der Waals surface area contributed by atoms with Crippen molar-refractivity contribution in [2.24, 2.45) is 0 Å². The second-order valence-electron chi connectivity index (χ2n) is 5.45. The smallest absolute Gasteiger partial charge is 0.315 e. The molecule has 21 heavy (non-hydrogen) atoms. The molecular formula is C16H18N4O. The number of benzene rings is 1. The third-order valence-electron chi connectivity index (χ3n) is 3.89. The van der Waals surface area contributed by atoms with E-state index in [9.17, 15) is 0 Å². The van der Waals surface area contributed by atoms with Crippen molar-refractivity contribution in [1.29, 1.82) is 5.26 Å². The van der Waals surface area contributed by atoms with E-state index in [4.69, 9.17) is 9.68 Å². The number of nitriles is 1. The molecule has 1 N–H and O–H groups in total. The lowest BCUT2D eigenvalue weighted by atomic mass is 9.89. The van der Waals surface area contributed by atoms with E-state index >= 15 is 0 Å². The lowest BCUT2D eigenvalue weighted by molar-refractivity contribution is 0.367. The highest BCUT2D eigenvalue weighted by atomic mass is 16.4. The number of hydrogen-bond donors (Lipinski definition) is 1. The van der Waals surface area contributed by atoms with Gasteiger partial charge in [-0.05, 0) is 30.5 Å². The summed E-state index contributed by atoms with van der Waals surface area (Å²) in [5.41, 5.74) is 1.68. The fourth-order valence-corrected chi connectivity index (χ4v) is 2.75. The van der Waals surface area contributed by atoms with E-state index in [0.29, 0.717) is 24.0 Å². The highest BCUT2D eigenvalue weighted by Crippen LogP contribution is 2.32. The van der Waals surface area contributed by atoms with Crippen LogP contribution in [-0.2, 0) is 6.54 Å². The van der Waals surface area contributed by atoms with Gasteiger partial charge in [-0.1, -0.05) is 36.5 Å². The average Bonchev–Trinajstić information content (AvgIpc) is 3.03. The molecule has 5 heteroatoms. The zero-order chi connectivity index (χ0) is 14.5. The van der Waals surface area contributed by atoms with Gasteiger partial charge in [-0.15, -0.1) is 5.10 Å². The molecule has 1 fully saturated rings. The average molecular weight is 282 g/mol. The molecule has 0 aliphatic heterocycles. The molecule has 108 valence electrons. The van der Waals surface area contributed by atoms with Crippen molar-refractivity contribution in [3.05, 3.63) is 41.3 Å². The molecule has 0 spiro atoms. The van der Waals surface area contributed by atoms with Gasteiger partial charge >= 0.3 is 6.01 Å².